The number of benzene rings is 1. The van der Waals surface area contributed by atoms with Crippen LogP contribution in [0, 0.1) is 11.3 Å². The van der Waals surface area contributed by atoms with E-state index in [0.29, 0.717) is 12.1 Å². The lowest BCUT2D eigenvalue weighted by Gasteiger charge is -2.45. The van der Waals surface area contributed by atoms with Crippen LogP contribution in [0.25, 0.3) is 0 Å². The number of carbonyl (C=O) groups excluding carboxylic acids is 3. The summed E-state index contributed by atoms with van der Waals surface area (Å²) in [5, 5.41) is 3.29. The number of hydrogen-bond acceptors (Lipinski definition) is 5. The second-order valence-electron chi connectivity index (χ2n) is 12.7. The van der Waals surface area contributed by atoms with Gasteiger partial charge in [0.05, 0.1) is 18.7 Å². The highest BCUT2D eigenvalue weighted by atomic mass is 16.5. The second kappa shape index (κ2) is 15.4. The third-order valence-corrected chi connectivity index (χ3v) is 7.67. The quantitative estimate of drug-likeness (QED) is 0.238. The predicted molar refractivity (Wildman–Crippen MR) is 164 cm³/mol. The maximum Gasteiger partial charge on any atom is 0.333 e. The summed E-state index contributed by atoms with van der Waals surface area (Å²) in [5.74, 6) is -0.580. The van der Waals surface area contributed by atoms with Crippen molar-refractivity contribution in [1.29, 1.82) is 0 Å². The van der Waals surface area contributed by atoms with Crippen LogP contribution in [-0.2, 0) is 24.5 Å². The van der Waals surface area contributed by atoms with E-state index in [1.165, 1.54) is 0 Å². The Morgan fingerprint density at radius 3 is 2.02 bits per heavy atom. The van der Waals surface area contributed by atoms with Crippen LogP contribution in [-0.4, -0.2) is 73.0 Å². The van der Waals surface area contributed by atoms with Crippen LogP contribution in [0.5, 0.6) is 0 Å². The SMILES string of the molecule is CCCCN(C(=O)[C@@H](NC)C(C)(C)c1ccccc1)[C@H](C(=O)N(C)[C@H](/C=C(\C)C(=O)OCC)C(C)C)C(C)(C)C. The zero-order valence-electron chi connectivity index (χ0n) is 27.1. The van der Waals surface area contributed by atoms with E-state index in [4.69, 9.17) is 4.74 Å². The number of carbonyl (C=O) groups is 3. The van der Waals surface area contributed by atoms with E-state index in [1.54, 1.807) is 30.7 Å². The Morgan fingerprint density at radius 2 is 1.57 bits per heavy atom. The van der Waals surface area contributed by atoms with Gasteiger partial charge in [-0.25, -0.2) is 4.79 Å². The lowest BCUT2D eigenvalue weighted by atomic mass is 9.76. The van der Waals surface area contributed by atoms with E-state index >= 15 is 0 Å². The summed E-state index contributed by atoms with van der Waals surface area (Å²) in [6.07, 6.45) is 3.49. The van der Waals surface area contributed by atoms with Crippen LogP contribution >= 0.6 is 0 Å². The second-order valence-corrected chi connectivity index (χ2v) is 12.7. The first-order valence-corrected chi connectivity index (χ1v) is 14.7. The van der Waals surface area contributed by atoms with Crippen LogP contribution in [0.1, 0.15) is 87.6 Å². The van der Waals surface area contributed by atoms with Crippen molar-refractivity contribution in [1.82, 2.24) is 15.1 Å². The maximum absolute atomic E-state index is 14.5. The monoisotopic (exact) mass is 557 g/mol. The van der Waals surface area contributed by atoms with Gasteiger partial charge in [-0.1, -0.05) is 98.2 Å². The lowest BCUT2D eigenvalue weighted by molar-refractivity contribution is -0.153. The van der Waals surface area contributed by atoms with E-state index < -0.39 is 22.9 Å². The van der Waals surface area contributed by atoms with Crippen LogP contribution in [0.15, 0.2) is 42.0 Å². The van der Waals surface area contributed by atoms with E-state index in [2.05, 4.69) is 26.1 Å². The van der Waals surface area contributed by atoms with Gasteiger partial charge in [-0.05, 0) is 44.2 Å². The largest absolute Gasteiger partial charge is 0.463 e. The number of nitrogens with zero attached hydrogens (tertiary/aromatic N) is 2. The van der Waals surface area contributed by atoms with Gasteiger partial charge in [-0.15, -0.1) is 0 Å². The van der Waals surface area contributed by atoms with Gasteiger partial charge in [-0.2, -0.15) is 0 Å². The van der Waals surface area contributed by atoms with Crippen molar-refractivity contribution >= 4 is 17.8 Å². The van der Waals surface area contributed by atoms with Gasteiger partial charge in [0, 0.05) is 24.6 Å². The molecule has 0 unspecified atom stereocenters. The molecule has 40 heavy (non-hydrogen) atoms. The number of esters is 1. The minimum atomic E-state index is -0.698. The van der Waals surface area contributed by atoms with E-state index in [1.807, 2.05) is 78.1 Å². The van der Waals surface area contributed by atoms with Crippen LogP contribution < -0.4 is 5.32 Å². The molecule has 0 saturated carbocycles. The molecule has 0 heterocycles. The Bertz CT molecular complexity index is 995. The van der Waals surface area contributed by atoms with Gasteiger partial charge < -0.3 is 19.9 Å². The van der Waals surface area contributed by atoms with Crippen molar-refractivity contribution in [3.05, 3.63) is 47.5 Å². The molecule has 3 atom stereocenters. The maximum atomic E-state index is 14.5. The number of nitrogens with one attached hydrogen (secondary N) is 1. The number of amides is 2. The van der Waals surface area contributed by atoms with Crippen LogP contribution in [0.2, 0.25) is 0 Å². The molecule has 0 aliphatic carbocycles. The fourth-order valence-electron chi connectivity index (χ4n) is 5.32. The molecule has 2 amide bonds. The molecule has 0 spiro atoms. The zero-order chi connectivity index (χ0) is 30.8. The van der Waals surface area contributed by atoms with Crippen molar-refractivity contribution in [3.63, 3.8) is 0 Å². The van der Waals surface area contributed by atoms with Crippen LogP contribution in [0.3, 0.4) is 0 Å². The normalized spacial score (nSPS) is 14.9. The molecule has 0 bridgehead atoms. The first kappa shape index (κ1) is 35.4. The molecule has 7 heteroatoms. The molecule has 0 radical (unpaired) electrons. The van der Waals surface area contributed by atoms with Gasteiger partial charge in [-0.3, -0.25) is 9.59 Å². The molecule has 0 aliphatic heterocycles. The molecule has 0 aromatic heterocycles. The average molecular weight is 558 g/mol. The molecule has 7 nitrogen and oxygen atoms in total. The Kier molecular flexibility index (Phi) is 13.6. The average Bonchev–Trinajstić information content (AvgIpc) is 2.88. The Labute approximate surface area is 243 Å². The van der Waals surface area contributed by atoms with Gasteiger partial charge in [0.15, 0.2) is 0 Å². The molecule has 1 aromatic rings. The molecule has 226 valence electrons. The van der Waals surface area contributed by atoms with Gasteiger partial charge in [0.25, 0.3) is 0 Å². The highest BCUT2D eigenvalue weighted by molar-refractivity contribution is 5.92. The van der Waals surface area contributed by atoms with Crippen molar-refractivity contribution in [3.8, 4) is 0 Å². The molecular weight excluding hydrogens is 502 g/mol. The van der Waals surface area contributed by atoms with Crippen molar-refractivity contribution in [2.45, 2.75) is 106 Å². The fraction of sp³-hybridized carbons (Fsp3) is 0.667. The molecule has 0 fully saturated rings. The van der Waals surface area contributed by atoms with Gasteiger partial charge in [0.1, 0.15) is 6.04 Å². The standard InChI is InChI=1S/C33H55N3O4/c1-13-15-21-36(29(37)27(34-11)33(9,10)25-19-17-16-18-20-25)28(32(6,7)8)30(38)35(12)26(23(3)4)22-24(5)31(39)40-14-2/h16-20,22-23,26-28,34H,13-15,21H2,1-12H3/b24-22+/t26-,27-,28-/m1/s1. The molecule has 0 aliphatic rings. The van der Waals surface area contributed by atoms with Crippen molar-refractivity contribution < 1.29 is 19.1 Å². The zero-order valence-corrected chi connectivity index (χ0v) is 27.1. The van der Waals surface area contributed by atoms with Gasteiger partial charge in [0.2, 0.25) is 11.8 Å². The Hall–Kier alpha value is -2.67. The molecule has 1 rings (SSSR count). The first-order valence-electron chi connectivity index (χ1n) is 14.7. The molecule has 1 aromatic carbocycles. The smallest absolute Gasteiger partial charge is 0.333 e. The number of rotatable bonds is 14. The Balaban J connectivity index is 3.61. The van der Waals surface area contributed by atoms with E-state index in [9.17, 15) is 14.4 Å². The molecular formula is C33H55N3O4. The first-order chi connectivity index (χ1) is 18.6. The number of likely N-dealkylation sites (N-methyl/N-ethyl adjacent to an activating group) is 2. The predicted octanol–water partition coefficient (Wildman–Crippen LogP) is 5.59. The lowest BCUT2D eigenvalue weighted by Crippen LogP contribution is -2.63. The summed E-state index contributed by atoms with van der Waals surface area (Å²) >= 11 is 0. The summed E-state index contributed by atoms with van der Waals surface area (Å²) < 4.78 is 5.18. The minimum Gasteiger partial charge on any atom is -0.463 e. The number of hydrogen-bond donors (Lipinski definition) is 1. The topological polar surface area (TPSA) is 79.0 Å². The minimum absolute atomic E-state index is 0.0424. The highest BCUT2D eigenvalue weighted by Crippen LogP contribution is 2.33. The van der Waals surface area contributed by atoms with Crippen LogP contribution in [0.4, 0.5) is 0 Å². The summed E-state index contributed by atoms with van der Waals surface area (Å²) in [4.78, 5) is 44.8. The summed E-state index contributed by atoms with van der Waals surface area (Å²) in [6, 6.07) is 8.44. The highest BCUT2D eigenvalue weighted by Gasteiger charge is 2.46. The Morgan fingerprint density at radius 1 is 1.00 bits per heavy atom. The fourth-order valence-corrected chi connectivity index (χ4v) is 5.32. The summed E-state index contributed by atoms with van der Waals surface area (Å²) in [5.41, 5.74) is 0.458. The molecule has 0 saturated heterocycles. The van der Waals surface area contributed by atoms with Gasteiger partial charge >= 0.3 is 5.97 Å². The third-order valence-electron chi connectivity index (χ3n) is 7.67. The van der Waals surface area contributed by atoms with E-state index in [-0.39, 0.29) is 36.4 Å². The van der Waals surface area contributed by atoms with Crippen molar-refractivity contribution in [2.24, 2.45) is 11.3 Å². The van der Waals surface area contributed by atoms with Crippen molar-refractivity contribution in [2.75, 3.05) is 27.2 Å². The van der Waals surface area contributed by atoms with E-state index in [0.717, 1.165) is 18.4 Å². The summed E-state index contributed by atoms with van der Waals surface area (Å²) in [6.45, 7) is 20.5. The summed E-state index contributed by atoms with van der Waals surface area (Å²) in [7, 11) is 3.58. The number of ether oxygens (including phenoxy) is 1. The third kappa shape index (κ3) is 8.92. The molecule has 1 N–H and O–H groups in total. The number of unbranched alkanes of at least 4 members (excludes halogenated alkanes) is 1.